The summed E-state index contributed by atoms with van der Waals surface area (Å²) in [4.78, 5) is 15.3. The average Bonchev–Trinajstić information content (AvgIpc) is 2.90. The number of aryl methyl sites for hydroxylation is 1. The van der Waals surface area contributed by atoms with Crippen molar-refractivity contribution in [2.24, 2.45) is 0 Å². The maximum absolute atomic E-state index is 13.2. The summed E-state index contributed by atoms with van der Waals surface area (Å²) in [5.41, 5.74) is 1.09. The van der Waals surface area contributed by atoms with Gasteiger partial charge in [-0.1, -0.05) is 18.2 Å². The van der Waals surface area contributed by atoms with Crippen molar-refractivity contribution in [1.29, 1.82) is 0 Å². The second kappa shape index (κ2) is 10.3. The van der Waals surface area contributed by atoms with E-state index in [0.717, 1.165) is 11.4 Å². The summed E-state index contributed by atoms with van der Waals surface area (Å²) in [6, 6.07) is 21.6. The molecule has 1 N–H and O–H groups in total. The summed E-state index contributed by atoms with van der Waals surface area (Å²) in [6.07, 6.45) is 3.24. The molecule has 5 rings (SSSR count). The largest absolute Gasteiger partial charge is 0.457 e. The number of benzene rings is 2. The van der Waals surface area contributed by atoms with Gasteiger partial charge in [-0.05, 0) is 61.0 Å². The van der Waals surface area contributed by atoms with E-state index in [2.05, 4.69) is 25.2 Å². The predicted octanol–water partition coefficient (Wildman–Crippen LogP) is 4.23. The number of piperazine rings is 1. The van der Waals surface area contributed by atoms with E-state index in [9.17, 15) is 8.42 Å². The van der Waals surface area contributed by atoms with Gasteiger partial charge in [-0.3, -0.25) is 0 Å². The highest BCUT2D eigenvalue weighted by atomic mass is 32.2. The van der Waals surface area contributed by atoms with Crippen molar-refractivity contribution < 1.29 is 13.2 Å². The topological polar surface area (TPSA) is 101 Å². The Hall–Kier alpha value is -4.02. The highest BCUT2D eigenvalue weighted by Gasteiger charge is 2.29. The standard InChI is InChI=1S/C26H26N6O3S/c1-20-11-12-27-24(17-20)30-25-18-26(29-19-28-25)31-13-15-32(16-14-31)36(33,34)23-9-7-22(8-10-23)35-21-5-3-2-4-6-21/h2-12,17-19H,13-16H2,1H3,(H,27,28,29,30). The number of anilines is 3. The second-order valence-electron chi connectivity index (χ2n) is 8.38. The van der Waals surface area contributed by atoms with E-state index >= 15 is 0 Å². The molecule has 36 heavy (non-hydrogen) atoms. The predicted molar refractivity (Wildman–Crippen MR) is 138 cm³/mol. The van der Waals surface area contributed by atoms with Crippen molar-refractivity contribution in [3.63, 3.8) is 0 Å². The zero-order valence-electron chi connectivity index (χ0n) is 19.8. The molecule has 10 heteroatoms. The number of pyridine rings is 1. The molecule has 1 saturated heterocycles. The van der Waals surface area contributed by atoms with Crippen molar-refractivity contribution in [2.45, 2.75) is 11.8 Å². The molecule has 1 aliphatic heterocycles. The highest BCUT2D eigenvalue weighted by Crippen LogP contribution is 2.26. The Labute approximate surface area is 210 Å². The van der Waals surface area contributed by atoms with E-state index in [1.165, 1.54) is 10.6 Å². The fourth-order valence-corrected chi connectivity index (χ4v) is 5.36. The van der Waals surface area contributed by atoms with E-state index in [1.54, 1.807) is 30.5 Å². The van der Waals surface area contributed by atoms with Crippen molar-refractivity contribution >= 4 is 27.5 Å². The Morgan fingerprint density at radius 1 is 0.806 bits per heavy atom. The Balaban J connectivity index is 1.21. The van der Waals surface area contributed by atoms with Gasteiger partial charge in [-0.25, -0.2) is 23.4 Å². The van der Waals surface area contributed by atoms with E-state index in [4.69, 9.17) is 4.74 Å². The van der Waals surface area contributed by atoms with Crippen molar-refractivity contribution in [3.8, 4) is 11.5 Å². The molecule has 0 unspecified atom stereocenters. The lowest BCUT2D eigenvalue weighted by molar-refractivity contribution is 0.383. The number of para-hydroxylation sites is 1. The smallest absolute Gasteiger partial charge is 0.243 e. The number of sulfonamides is 1. The lowest BCUT2D eigenvalue weighted by Gasteiger charge is -2.34. The monoisotopic (exact) mass is 502 g/mol. The first-order valence-electron chi connectivity index (χ1n) is 11.6. The normalized spacial score (nSPS) is 14.4. The Kier molecular flexibility index (Phi) is 6.79. The molecule has 9 nitrogen and oxygen atoms in total. The van der Waals surface area contributed by atoms with Crippen LogP contribution in [0.5, 0.6) is 11.5 Å². The van der Waals surface area contributed by atoms with Gasteiger partial charge in [0.1, 0.15) is 35.3 Å². The van der Waals surface area contributed by atoms with Gasteiger partial charge in [0.2, 0.25) is 10.0 Å². The molecular formula is C26H26N6O3S. The number of hydrogen-bond donors (Lipinski definition) is 1. The van der Waals surface area contributed by atoms with Crippen molar-refractivity contribution in [3.05, 3.63) is 90.9 Å². The third kappa shape index (κ3) is 5.45. The lowest BCUT2D eigenvalue weighted by atomic mass is 10.3. The van der Waals surface area contributed by atoms with Crippen LogP contribution in [0.15, 0.2) is 90.2 Å². The molecular weight excluding hydrogens is 476 g/mol. The lowest BCUT2D eigenvalue weighted by Crippen LogP contribution is -2.48. The van der Waals surface area contributed by atoms with Gasteiger partial charge in [-0.15, -0.1) is 0 Å². The fraction of sp³-hybridized carbons (Fsp3) is 0.192. The number of nitrogens with one attached hydrogen (secondary N) is 1. The number of hydrogen-bond acceptors (Lipinski definition) is 8. The quantitative estimate of drug-likeness (QED) is 0.401. The summed E-state index contributed by atoms with van der Waals surface area (Å²) in [5, 5.41) is 3.19. The minimum Gasteiger partial charge on any atom is -0.457 e. The molecule has 0 radical (unpaired) electrons. The van der Waals surface area contributed by atoms with Gasteiger partial charge < -0.3 is 15.0 Å². The first-order valence-corrected chi connectivity index (χ1v) is 13.0. The fourth-order valence-electron chi connectivity index (χ4n) is 3.93. The summed E-state index contributed by atoms with van der Waals surface area (Å²) < 4.78 is 33.7. The molecule has 0 bridgehead atoms. The molecule has 184 valence electrons. The number of nitrogens with zero attached hydrogens (tertiary/aromatic N) is 5. The van der Waals surface area contributed by atoms with Crippen LogP contribution in [0.25, 0.3) is 0 Å². The summed E-state index contributed by atoms with van der Waals surface area (Å²) in [6.45, 7) is 3.76. The second-order valence-corrected chi connectivity index (χ2v) is 10.3. The minimum absolute atomic E-state index is 0.246. The van der Waals surface area contributed by atoms with Crippen LogP contribution in [-0.4, -0.2) is 53.9 Å². The molecule has 0 aliphatic carbocycles. The molecule has 0 saturated carbocycles. The molecule has 0 amide bonds. The van der Waals surface area contributed by atoms with Crippen LogP contribution in [0.4, 0.5) is 17.5 Å². The van der Waals surface area contributed by atoms with E-state index in [1.807, 2.05) is 55.5 Å². The minimum atomic E-state index is -3.61. The number of aromatic nitrogens is 3. The van der Waals surface area contributed by atoms with Gasteiger partial charge >= 0.3 is 0 Å². The summed E-state index contributed by atoms with van der Waals surface area (Å²) in [7, 11) is -3.61. The Morgan fingerprint density at radius 2 is 1.50 bits per heavy atom. The van der Waals surface area contributed by atoms with Crippen LogP contribution >= 0.6 is 0 Å². The Morgan fingerprint density at radius 3 is 2.22 bits per heavy atom. The van der Waals surface area contributed by atoms with Crippen LogP contribution in [0.3, 0.4) is 0 Å². The molecule has 1 aliphatic rings. The first-order chi connectivity index (χ1) is 17.5. The van der Waals surface area contributed by atoms with Gasteiger partial charge in [0, 0.05) is 38.4 Å². The summed E-state index contributed by atoms with van der Waals surface area (Å²) in [5.74, 6) is 3.35. The van der Waals surface area contributed by atoms with E-state index < -0.39 is 10.0 Å². The molecule has 0 atom stereocenters. The highest BCUT2D eigenvalue weighted by molar-refractivity contribution is 7.89. The Bertz CT molecular complexity index is 1420. The van der Waals surface area contributed by atoms with Gasteiger partial charge in [0.25, 0.3) is 0 Å². The maximum atomic E-state index is 13.2. The van der Waals surface area contributed by atoms with Gasteiger partial charge in [-0.2, -0.15) is 4.31 Å². The molecule has 4 aromatic rings. The van der Waals surface area contributed by atoms with E-state index in [0.29, 0.717) is 49.3 Å². The first kappa shape index (κ1) is 23.7. The number of rotatable bonds is 7. The van der Waals surface area contributed by atoms with Crippen LogP contribution in [0.1, 0.15) is 5.56 Å². The van der Waals surface area contributed by atoms with Crippen LogP contribution in [-0.2, 0) is 10.0 Å². The van der Waals surface area contributed by atoms with Crippen LogP contribution < -0.4 is 15.0 Å². The summed E-state index contributed by atoms with van der Waals surface area (Å²) >= 11 is 0. The average molecular weight is 503 g/mol. The third-order valence-electron chi connectivity index (χ3n) is 5.83. The molecule has 3 heterocycles. The zero-order chi connectivity index (χ0) is 25.0. The van der Waals surface area contributed by atoms with Crippen LogP contribution in [0, 0.1) is 6.92 Å². The SMILES string of the molecule is Cc1ccnc(Nc2cc(N3CCN(S(=O)(=O)c4ccc(Oc5ccccc5)cc4)CC3)ncn2)c1. The third-order valence-corrected chi connectivity index (χ3v) is 7.74. The van der Waals surface area contributed by atoms with Crippen LogP contribution in [0.2, 0.25) is 0 Å². The molecule has 0 spiro atoms. The molecule has 2 aromatic carbocycles. The molecule has 2 aromatic heterocycles. The van der Waals surface area contributed by atoms with Gasteiger partial charge in [0.05, 0.1) is 4.90 Å². The van der Waals surface area contributed by atoms with E-state index in [-0.39, 0.29) is 4.90 Å². The van der Waals surface area contributed by atoms with Crippen molar-refractivity contribution in [2.75, 3.05) is 36.4 Å². The molecule has 1 fully saturated rings. The maximum Gasteiger partial charge on any atom is 0.243 e. The number of ether oxygens (including phenoxy) is 1. The van der Waals surface area contributed by atoms with Crippen molar-refractivity contribution in [1.82, 2.24) is 19.3 Å². The van der Waals surface area contributed by atoms with Gasteiger partial charge in [0.15, 0.2) is 0 Å². The zero-order valence-corrected chi connectivity index (χ0v) is 20.6.